The van der Waals surface area contributed by atoms with Crippen LogP contribution in [0.5, 0.6) is 11.5 Å². The highest BCUT2D eigenvalue weighted by Gasteiger charge is 2.37. The van der Waals surface area contributed by atoms with Gasteiger partial charge in [-0.1, -0.05) is 42.5 Å². The smallest absolute Gasteiger partial charge is 0.251 e. The number of benzene rings is 3. The molecule has 184 valence electrons. The third kappa shape index (κ3) is 4.14. The van der Waals surface area contributed by atoms with E-state index in [2.05, 4.69) is 15.7 Å². The van der Waals surface area contributed by atoms with Gasteiger partial charge in [0, 0.05) is 18.2 Å². The fraction of sp³-hybridized carbons (Fsp3) is 0.222. The van der Waals surface area contributed by atoms with Crippen LogP contribution in [0.25, 0.3) is 21.9 Å². The summed E-state index contributed by atoms with van der Waals surface area (Å²) in [6, 6.07) is 18.2. The Kier molecular flexibility index (Phi) is 6.30. The van der Waals surface area contributed by atoms with Crippen LogP contribution in [0.1, 0.15) is 18.2 Å². The van der Waals surface area contributed by atoms with E-state index in [1.165, 1.54) is 0 Å². The SMILES string of the molecule is COCc1nn2c(c1-c1ccc(OC)c(OC)c1)NC(=O)C2CC(=O)Nc1cccc2ccccc12. The Labute approximate surface area is 208 Å². The lowest BCUT2D eigenvalue weighted by Crippen LogP contribution is -2.24. The lowest BCUT2D eigenvalue weighted by molar-refractivity contribution is -0.123. The molecular weight excluding hydrogens is 460 g/mol. The molecule has 1 aliphatic rings. The first-order valence-electron chi connectivity index (χ1n) is 11.4. The van der Waals surface area contributed by atoms with Crippen LogP contribution in [0.3, 0.4) is 0 Å². The lowest BCUT2D eigenvalue weighted by atomic mass is 10.0. The van der Waals surface area contributed by atoms with Gasteiger partial charge in [-0.3, -0.25) is 9.59 Å². The number of anilines is 2. The van der Waals surface area contributed by atoms with E-state index in [9.17, 15) is 9.59 Å². The van der Waals surface area contributed by atoms with Gasteiger partial charge in [0.2, 0.25) is 5.91 Å². The lowest BCUT2D eigenvalue weighted by Gasteiger charge is -2.12. The molecule has 1 unspecified atom stereocenters. The summed E-state index contributed by atoms with van der Waals surface area (Å²) < 4.78 is 17.7. The van der Waals surface area contributed by atoms with Gasteiger partial charge in [0.15, 0.2) is 11.5 Å². The second-order valence-electron chi connectivity index (χ2n) is 8.40. The molecule has 2 amide bonds. The van der Waals surface area contributed by atoms with Crippen molar-refractivity contribution in [3.8, 4) is 22.6 Å². The maximum absolute atomic E-state index is 13.0. The number of hydrogen-bond donors (Lipinski definition) is 2. The first-order valence-corrected chi connectivity index (χ1v) is 11.4. The van der Waals surface area contributed by atoms with Gasteiger partial charge >= 0.3 is 0 Å². The number of carbonyl (C=O) groups excluding carboxylic acids is 2. The number of fused-ring (bicyclic) bond motifs is 2. The Morgan fingerprint density at radius 3 is 2.58 bits per heavy atom. The number of amides is 2. The molecule has 2 N–H and O–H groups in total. The third-order valence-corrected chi connectivity index (χ3v) is 6.22. The van der Waals surface area contributed by atoms with Crippen molar-refractivity contribution in [2.75, 3.05) is 32.0 Å². The van der Waals surface area contributed by atoms with Gasteiger partial charge in [0.25, 0.3) is 5.91 Å². The Morgan fingerprint density at radius 2 is 1.81 bits per heavy atom. The normalized spacial score (nSPS) is 14.4. The molecule has 9 heteroatoms. The van der Waals surface area contributed by atoms with Gasteiger partial charge < -0.3 is 24.8 Å². The van der Waals surface area contributed by atoms with Crippen LogP contribution in [0, 0.1) is 0 Å². The van der Waals surface area contributed by atoms with Crippen molar-refractivity contribution in [3.05, 3.63) is 66.4 Å². The summed E-state index contributed by atoms with van der Waals surface area (Å²) >= 11 is 0. The minimum absolute atomic E-state index is 0.0679. The minimum atomic E-state index is -0.792. The molecule has 0 fully saturated rings. The van der Waals surface area contributed by atoms with Crippen LogP contribution in [0.2, 0.25) is 0 Å². The van der Waals surface area contributed by atoms with Crippen LogP contribution in [0.4, 0.5) is 11.5 Å². The maximum Gasteiger partial charge on any atom is 0.251 e. The van der Waals surface area contributed by atoms with Gasteiger partial charge in [-0.25, -0.2) is 4.68 Å². The topological polar surface area (TPSA) is 104 Å². The number of aromatic nitrogens is 2. The predicted molar refractivity (Wildman–Crippen MR) is 136 cm³/mol. The van der Waals surface area contributed by atoms with E-state index in [0.29, 0.717) is 34.3 Å². The van der Waals surface area contributed by atoms with Gasteiger partial charge in [-0.15, -0.1) is 0 Å². The first-order chi connectivity index (χ1) is 17.5. The van der Waals surface area contributed by atoms with Crippen molar-refractivity contribution < 1.29 is 23.8 Å². The van der Waals surface area contributed by atoms with E-state index >= 15 is 0 Å². The summed E-state index contributed by atoms with van der Waals surface area (Å²) in [7, 11) is 4.71. The van der Waals surface area contributed by atoms with Crippen LogP contribution < -0.4 is 20.1 Å². The molecule has 0 aliphatic carbocycles. The fourth-order valence-electron chi connectivity index (χ4n) is 4.56. The van der Waals surface area contributed by atoms with Gasteiger partial charge in [0.05, 0.1) is 38.5 Å². The standard InChI is InChI=1S/C27H26N4O5/c1-34-15-20-25(17-11-12-22(35-2)23(13-17)36-3)26-29-27(33)21(31(26)30-20)14-24(32)28-19-10-6-8-16-7-4-5-9-18(16)19/h4-13,21H,14-15H2,1-3H3,(H,28,32)(H,29,33). The second-order valence-corrected chi connectivity index (χ2v) is 8.40. The van der Waals surface area contributed by atoms with E-state index in [4.69, 9.17) is 14.2 Å². The van der Waals surface area contributed by atoms with E-state index in [1.807, 2.05) is 54.6 Å². The molecule has 0 radical (unpaired) electrons. The Bertz CT molecular complexity index is 1460. The number of methoxy groups -OCH3 is 3. The highest BCUT2D eigenvalue weighted by molar-refractivity contribution is 6.06. The molecule has 0 spiro atoms. The van der Waals surface area contributed by atoms with Crippen LogP contribution in [-0.2, 0) is 20.9 Å². The average Bonchev–Trinajstić information content (AvgIpc) is 3.38. The largest absolute Gasteiger partial charge is 0.493 e. The highest BCUT2D eigenvalue weighted by Crippen LogP contribution is 2.41. The third-order valence-electron chi connectivity index (χ3n) is 6.22. The van der Waals surface area contributed by atoms with Gasteiger partial charge in [-0.05, 0) is 29.1 Å². The Morgan fingerprint density at radius 1 is 1.03 bits per heavy atom. The van der Waals surface area contributed by atoms with Crippen molar-refractivity contribution in [3.63, 3.8) is 0 Å². The molecule has 0 bridgehead atoms. The van der Waals surface area contributed by atoms with E-state index in [0.717, 1.165) is 16.3 Å². The Balaban J connectivity index is 1.46. The van der Waals surface area contributed by atoms with Crippen molar-refractivity contribution in [2.24, 2.45) is 0 Å². The molecule has 9 nitrogen and oxygen atoms in total. The fourth-order valence-corrected chi connectivity index (χ4v) is 4.56. The molecule has 1 aromatic heterocycles. The van der Waals surface area contributed by atoms with Gasteiger partial charge in [-0.2, -0.15) is 5.10 Å². The summed E-state index contributed by atoms with van der Waals surface area (Å²) in [4.78, 5) is 26.0. The van der Waals surface area contributed by atoms with Crippen LogP contribution in [0.15, 0.2) is 60.7 Å². The average molecular weight is 487 g/mol. The second kappa shape index (κ2) is 9.71. The summed E-state index contributed by atoms with van der Waals surface area (Å²) in [5.74, 6) is 1.08. The molecule has 4 aromatic rings. The Hall–Kier alpha value is -4.37. The quantitative estimate of drug-likeness (QED) is 0.383. The summed E-state index contributed by atoms with van der Waals surface area (Å²) in [5.41, 5.74) is 2.83. The maximum atomic E-state index is 13.0. The number of nitrogens with one attached hydrogen (secondary N) is 2. The zero-order chi connectivity index (χ0) is 25.2. The predicted octanol–water partition coefficient (Wildman–Crippen LogP) is 4.39. The summed E-state index contributed by atoms with van der Waals surface area (Å²) in [5, 5.41) is 12.5. The molecule has 3 aromatic carbocycles. The molecule has 1 atom stereocenters. The van der Waals surface area contributed by atoms with Crippen molar-refractivity contribution in [1.29, 1.82) is 0 Å². The molecule has 36 heavy (non-hydrogen) atoms. The summed E-state index contributed by atoms with van der Waals surface area (Å²) in [6.07, 6.45) is -0.0679. The number of carbonyl (C=O) groups is 2. The molecule has 0 saturated carbocycles. The van der Waals surface area contributed by atoms with E-state index in [1.54, 1.807) is 32.1 Å². The zero-order valence-corrected chi connectivity index (χ0v) is 20.2. The molecule has 0 saturated heterocycles. The van der Waals surface area contributed by atoms with Crippen LogP contribution >= 0.6 is 0 Å². The number of ether oxygens (including phenoxy) is 3. The number of rotatable bonds is 8. The molecule has 5 rings (SSSR count). The molecular formula is C27H26N4O5. The first kappa shape index (κ1) is 23.4. The van der Waals surface area contributed by atoms with E-state index < -0.39 is 6.04 Å². The molecule has 2 heterocycles. The number of hydrogen-bond acceptors (Lipinski definition) is 6. The number of nitrogens with zero attached hydrogens (tertiary/aromatic N) is 2. The monoisotopic (exact) mass is 486 g/mol. The van der Waals surface area contributed by atoms with Crippen molar-refractivity contribution >= 4 is 34.1 Å². The van der Waals surface area contributed by atoms with Gasteiger partial charge in [0.1, 0.15) is 11.9 Å². The highest BCUT2D eigenvalue weighted by atomic mass is 16.5. The zero-order valence-electron chi connectivity index (χ0n) is 20.2. The minimum Gasteiger partial charge on any atom is -0.493 e. The van der Waals surface area contributed by atoms with Crippen molar-refractivity contribution in [2.45, 2.75) is 19.1 Å². The summed E-state index contributed by atoms with van der Waals surface area (Å²) in [6.45, 7) is 0.231. The van der Waals surface area contributed by atoms with Crippen molar-refractivity contribution in [1.82, 2.24) is 9.78 Å². The molecule has 1 aliphatic heterocycles. The van der Waals surface area contributed by atoms with E-state index in [-0.39, 0.29) is 24.8 Å². The van der Waals surface area contributed by atoms with Crippen LogP contribution in [-0.4, -0.2) is 42.9 Å².